The molecule has 3 rings (SSSR count). The highest BCUT2D eigenvalue weighted by molar-refractivity contribution is 6.35. The van der Waals surface area contributed by atoms with E-state index in [4.69, 9.17) is 34.8 Å². The third-order valence-corrected chi connectivity index (χ3v) is 4.47. The van der Waals surface area contributed by atoms with Crippen molar-refractivity contribution >= 4 is 46.5 Å². The number of amides is 1. The maximum absolute atomic E-state index is 12.5. The lowest BCUT2D eigenvalue weighted by Gasteiger charge is -2.06. The van der Waals surface area contributed by atoms with E-state index in [1.165, 1.54) is 10.9 Å². The summed E-state index contributed by atoms with van der Waals surface area (Å²) in [4.78, 5) is 12.5. The molecule has 0 fully saturated rings. The third kappa shape index (κ3) is 3.81. The van der Waals surface area contributed by atoms with Crippen LogP contribution in [0.3, 0.4) is 0 Å². The lowest BCUT2D eigenvalue weighted by Crippen LogP contribution is -2.18. The van der Waals surface area contributed by atoms with Crippen LogP contribution in [0.1, 0.15) is 23.0 Å². The van der Waals surface area contributed by atoms with Gasteiger partial charge in [-0.25, -0.2) is 0 Å². The van der Waals surface area contributed by atoms with Gasteiger partial charge >= 0.3 is 0 Å². The Bertz CT molecular complexity index is 918. The molecule has 2 heterocycles. The van der Waals surface area contributed by atoms with Crippen molar-refractivity contribution in [3.63, 3.8) is 0 Å². The molecule has 1 amide bonds. The van der Waals surface area contributed by atoms with E-state index in [9.17, 15) is 4.79 Å². The van der Waals surface area contributed by atoms with Crippen molar-refractivity contribution in [2.45, 2.75) is 20.0 Å². The molecule has 0 aliphatic heterocycles. The molecule has 130 valence electrons. The van der Waals surface area contributed by atoms with E-state index in [0.29, 0.717) is 23.1 Å². The number of hydrogen-bond acceptors (Lipinski definition) is 3. The molecule has 0 aliphatic carbocycles. The Hall–Kier alpha value is -2.02. The molecule has 0 bridgehead atoms. The Balaban J connectivity index is 1.80. The molecule has 0 atom stereocenters. The molecule has 0 spiro atoms. The van der Waals surface area contributed by atoms with Crippen molar-refractivity contribution < 1.29 is 4.79 Å². The van der Waals surface area contributed by atoms with Gasteiger partial charge in [0.05, 0.1) is 17.8 Å². The van der Waals surface area contributed by atoms with Gasteiger partial charge in [0.25, 0.3) is 5.91 Å². The minimum Gasteiger partial charge on any atom is -0.302 e. The maximum atomic E-state index is 12.5. The lowest BCUT2D eigenvalue weighted by molar-refractivity contribution is 0.101. The lowest BCUT2D eigenvalue weighted by atomic mass is 10.2. The van der Waals surface area contributed by atoms with Crippen molar-refractivity contribution in [3.8, 4) is 0 Å². The molecule has 0 saturated heterocycles. The van der Waals surface area contributed by atoms with Crippen LogP contribution in [0, 0.1) is 0 Å². The van der Waals surface area contributed by atoms with Crippen LogP contribution < -0.4 is 5.32 Å². The molecule has 25 heavy (non-hydrogen) atoms. The number of halogens is 3. The van der Waals surface area contributed by atoms with Crippen LogP contribution in [-0.4, -0.2) is 25.5 Å². The summed E-state index contributed by atoms with van der Waals surface area (Å²) in [7, 11) is 0. The molecular formula is C16H14Cl3N5O. The topological polar surface area (TPSA) is 64.7 Å². The predicted molar refractivity (Wildman–Crippen MR) is 98.7 cm³/mol. The first-order valence-corrected chi connectivity index (χ1v) is 8.62. The monoisotopic (exact) mass is 397 g/mol. The summed E-state index contributed by atoms with van der Waals surface area (Å²) in [6, 6.07) is 7.45. The number of aryl methyl sites for hydroxylation is 1. The highest BCUT2D eigenvalue weighted by Crippen LogP contribution is 2.24. The first kappa shape index (κ1) is 17.8. The number of anilines is 1. The fourth-order valence-corrected chi connectivity index (χ4v) is 2.98. The van der Waals surface area contributed by atoms with E-state index in [1.54, 1.807) is 16.9 Å². The van der Waals surface area contributed by atoms with E-state index in [0.717, 1.165) is 5.56 Å². The Morgan fingerprint density at radius 2 is 1.92 bits per heavy atom. The van der Waals surface area contributed by atoms with Gasteiger partial charge in [-0.3, -0.25) is 14.2 Å². The van der Waals surface area contributed by atoms with Crippen molar-refractivity contribution in [3.05, 3.63) is 63.0 Å². The summed E-state index contributed by atoms with van der Waals surface area (Å²) in [5, 5.41) is 12.2. The Labute approximate surface area is 159 Å². The average molecular weight is 399 g/mol. The van der Waals surface area contributed by atoms with E-state index in [1.807, 2.05) is 25.1 Å². The second kappa shape index (κ2) is 7.47. The fraction of sp³-hybridized carbons (Fsp3) is 0.188. The summed E-state index contributed by atoms with van der Waals surface area (Å²) in [6.07, 6.45) is 3.05. The molecule has 0 unspecified atom stereocenters. The molecule has 1 aromatic carbocycles. The summed E-state index contributed by atoms with van der Waals surface area (Å²) in [5.41, 5.74) is 1.16. The molecule has 0 aliphatic rings. The Kier molecular flexibility index (Phi) is 5.32. The predicted octanol–water partition coefficient (Wildman–Crippen LogP) is 4.36. The van der Waals surface area contributed by atoms with Crippen LogP contribution in [-0.2, 0) is 13.1 Å². The van der Waals surface area contributed by atoms with Gasteiger partial charge in [0, 0.05) is 17.8 Å². The van der Waals surface area contributed by atoms with Crippen molar-refractivity contribution in [1.29, 1.82) is 0 Å². The second-order valence-corrected chi connectivity index (χ2v) is 6.45. The molecule has 0 radical (unpaired) electrons. The number of rotatable bonds is 5. The van der Waals surface area contributed by atoms with Crippen molar-refractivity contribution in [1.82, 2.24) is 19.6 Å². The third-order valence-electron chi connectivity index (χ3n) is 3.55. The minimum atomic E-state index is -0.422. The SMILES string of the molecule is CCn1ncc(Cl)c1C(=O)Nc1nn(Cc2ccccc2Cl)cc1Cl. The van der Waals surface area contributed by atoms with Gasteiger partial charge in [-0.15, -0.1) is 0 Å². The number of nitrogens with zero attached hydrogens (tertiary/aromatic N) is 4. The van der Waals surface area contributed by atoms with Crippen LogP contribution >= 0.6 is 34.8 Å². The quantitative estimate of drug-likeness (QED) is 0.694. The normalized spacial score (nSPS) is 10.9. The molecule has 3 aromatic rings. The number of hydrogen-bond donors (Lipinski definition) is 1. The van der Waals surface area contributed by atoms with Gasteiger partial charge in [0.2, 0.25) is 0 Å². The summed E-state index contributed by atoms with van der Waals surface area (Å²) < 4.78 is 3.12. The molecule has 6 nitrogen and oxygen atoms in total. The van der Waals surface area contributed by atoms with Crippen LogP contribution in [0.2, 0.25) is 15.1 Å². The number of carbonyl (C=O) groups is 1. The second-order valence-electron chi connectivity index (χ2n) is 5.23. The maximum Gasteiger partial charge on any atom is 0.276 e. The number of carbonyl (C=O) groups excluding carboxylic acids is 1. The van der Waals surface area contributed by atoms with Gasteiger partial charge in [-0.05, 0) is 18.6 Å². The van der Waals surface area contributed by atoms with E-state index in [2.05, 4.69) is 15.5 Å². The summed E-state index contributed by atoms with van der Waals surface area (Å²) in [5.74, 6) is -0.173. The largest absolute Gasteiger partial charge is 0.302 e. The minimum absolute atomic E-state index is 0.249. The van der Waals surface area contributed by atoms with E-state index < -0.39 is 5.91 Å². The smallest absolute Gasteiger partial charge is 0.276 e. The van der Waals surface area contributed by atoms with Gasteiger partial charge in [-0.2, -0.15) is 10.2 Å². The van der Waals surface area contributed by atoms with Gasteiger partial charge in [0.15, 0.2) is 5.82 Å². The average Bonchev–Trinajstić information content (AvgIpc) is 3.12. The van der Waals surface area contributed by atoms with Gasteiger partial charge in [0.1, 0.15) is 10.7 Å². The van der Waals surface area contributed by atoms with Crippen LogP contribution in [0.5, 0.6) is 0 Å². The first-order chi connectivity index (χ1) is 12.0. The van der Waals surface area contributed by atoms with Crippen LogP contribution in [0.4, 0.5) is 5.82 Å². The number of nitrogens with one attached hydrogen (secondary N) is 1. The number of aromatic nitrogens is 4. The summed E-state index contributed by atoms with van der Waals surface area (Å²) in [6.45, 7) is 2.82. The van der Waals surface area contributed by atoms with Gasteiger partial charge < -0.3 is 5.32 Å². The zero-order valence-corrected chi connectivity index (χ0v) is 15.5. The van der Waals surface area contributed by atoms with E-state index in [-0.39, 0.29) is 16.5 Å². The Morgan fingerprint density at radius 1 is 1.16 bits per heavy atom. The number of benzene rings is 1. The molecule has 1 N–H and O–H groups in total. The Morgan fingerprint density at radius 3 is 2.64 bits per heavy atom. The zero-order chi connectivity index (χ0) is 18.0. The van der Waals surface area contributed by atoms with Gasteiger partial charge in [-0.1, -0.05) is 53.0 Å². The standard InChI is InChI=1S/C16H14Cl3N5O/c1-2-24-14(12(18)7-20-24)16(25)21-15-13(19)9-23(22-15)8-10-5-3-4-6-11(10)17/h3-7,9H,2,8H2,1H3,(H,21,22,25). The summed E-state index contributed by atoms with van der Waals surface area (Å²) >= 11 is 18.4. The highest BCUT2D eigenvalue weighted by atomic mass is 35.5. The van der Waals surface area contributed by atoms with E-state index >= 15 is 0 Å². The fourth-order valence-electron chi connectivity index (χ4n) is 2.36. The molecular weight excluding hydrogens is 385 g/mol. The van der Waals surface area contributed by atoms with Crippen LogP contribution in [0.25, 0.3) is 0 Å². The van der Waals surface area contributed by atoms with Crippen LogP contribution in [0.15, 0.2) is 36.7 Å². The van der Waals surface area contributed by atoms with Crippen molar-refractivity contribution in [2.75, 3.05) is 5.32 Å². The highest BCUT2D eigenvalue weighted by Gasteiger charge is 2.19. The zero-order valence-electron chi connectivity index (χ0n) is 13.2. The first-order valence-electron chi connectivity index (χ1n) is 7.48. The molecule has 0 saturated carbocycles. The molecule has 9 heteroatoms. The van der Waals surface area contributed by atoms with Crippen molar-refractivity contribution in [2.24, 2.45) is 0 Å². The molecule has 2 aromatic heterocycles.